The molecule has 0 unspecified atom stereocenters. The Labute approximate surface area is 114 Å². The summed E-state index contributed by atoms with van der Waals surface area (Å²) in [4.78, 5) is 14.4. The number of ketones is 1. The van der Waals surface area contributed by atoms with E-state index in [-0.39, 0.29) is 11.3 Å². The van der Waals surface area contributed by atoms with E-state index in [9.17, 15) is 4.79 Å². The van der Waals surface area contributed by atoms with Gasteiger partial charge in [0.1, 0.15) is 11.5 Å². The second-order valence-corrected chi connectivity index (χ2v) is 6.43. The number of carbonyl (C=O) groups is 1. The first kappa shape index (κ1) is 12.5. The van der Waals surface area contributed by atoms with Crippen LogP contribution in [0.4, 0.5) is 5.69 Å². The molecular formula is C16H21NO2. The normalized spacial score (nSPS) is 28.6. The molecule has 3 fully saturated rings. The summed E-state index contributed by atoms with van der Waals surface area (Å²) in [7, 11) is 1.68. The van der Waals surface area contributed by atoms with Gasteiger partial charge < -0.3 is 9.64 Å². The van der Waals surface area contributed by atoms with Crippen molar-refractivity contribution in [1.82, 2.24) is 0 Å². The van der Waals surface area contributed by atoms with Crippen LogP contribution in [-0.4, -0.2) is 25.5 Å². The topological polar surface area (TPSA) is 29.5 Å². The Morgan fingerprint density at radius 1 is 1.26 bits per heavy atom. The second kappa shape index (κ2) is 4.26. The number of ether oxygens (including phenoxy) is 1. The van der Waals surface area contributed by atoms with Gasteiger partial charge in [0, 0.05) is 30.6 Å². The molecule has 2 aliphatic heterocycles. The molecule has 1 aliphatic carbocycles. The molecule has 1 aromatic carbocycles. The number of benzene rings is 1. The minimum absolute atomic E-state index is 0.210. The molecule has 3 heteroatoms. The van der Waals surface area contributed by atoms with E-state index < -0.39 is 0 Å². The SMILES string of the molecule is COc1ccc(N2C[C@H]3CC(C)(C)[C@@H]2CC3=O)cc1. The van der Waals surface area contributed by atoms with Crippen molar-refractivity contribution in [2.45, 2.75) is 32.7 Å². The van der Waals surface area contributed by atoms with Crippen LogP contribution in [0.2, 0.25) is 0 Å². The first-order chi connectivity index (χ1) is 9.01. The monoisotopic (exact) mass is 259 g/mol. The van der Waals surface area contributed by atoms with E-state index in [4.69, 9.17) is 4.74 Å². The fourth-order valence-electron chi connectivity index (χ4n) is 3.64. The maximum absolute atomic E-state index is 12.0. The van der Waals surface area contributed by atoms with Crippen molar-refractivity contribution >= 4 is 11.5 Å². The molecule has 0 aromatic heterocycles. The third-order valence-corrected chi connectivity index (χ3v) is 4.72. The molecule has 0 N–H and O–H groups in total. The highest BCUT2D eigenvalue weighted by Gasteiger charge is 2.49. The molecule has 2 saturated heterocycles. The standard InChI is InChI=1S/C16H21NO2/c1-16(2)9-11-10-17(15(16)8-14(11)18)12-4-6-13(19-3)7-5-12/h4-7,11,15H,8-10H2,1-3H3/t11-,15+/m1/s1. The molecule has 0 spiro atoms. The highest BCUT2D eigenvalue weighted by molar-refractivity contribution is 5.85. The van der Waals surface area contributed by atoms with E-state index in [2.05, 4.69) is 30.9 Å². The number of Topliss-reactive ketones (excluding diaryl/α,β-unsaturated/α-hetero) is 1. The van der Waals surface area contributed by atoms with Gasteiger partial charge >= 0.3 is 0 Å². The van der Waals surface area contributed by atoms with Crippen LogP contribution in [0.15, 0.2) is 24.3 Å². The van der Waals surface area contributed by atoms with Crippen LogP contribution in [0, 0.1) is 11.3 Å². The van der Waals surface area contributed by atoms with Gasteiger partial charge in [-0.05, 0) is 36.1 Å². The lowest BCUT2D eigenvalue weighted by Gasteiger charge is -2.54. The van der Waals surface area contributed by atoms with Crippen LogP contribution < -0.4 is 9.64 Å². The predicted octanol–water partition coefficient (Wildman–Crippen LogP) is 2.89. The largest absolute Gasteiger partial charge is 0.497 e. The fraction of sp³-hybridized carbons (Fsp3) is 0.562. The first-order valence-corrected chi connectivity index (χ1v) is 6.95. The molecule has 1 aromatic rings. The third kappa shape index (κ3) is 2.01. The molecule has 4 rings (SSSR count). The van der Waals surface area contributed by atoms with Gasteiger partial charge in [0.15, 0.2) is 0 Å². The number of fused-ring (bicyclic) bond motifs is 3. The molecule has 3 nitrogen and oxygen atoms in total. The molecule has 19 heavy (non-hydrogen) atoms. The van der Waals surface area contributed by atoms with E-state index in [1.807, 2.05) is 12.1 Å². The smallest absolute Gasteiger partial charge is 0.139 e. The molecule has 3 aliphatic rings. The lowest BCUT2D eigenvalue weighted by atomic mass is 9.64. The number of rotatable bonds is 2. The number of anilines is 1. The lowest BCUT2D eigenvalue weighted by molar-refractivity contribution is -0.130. The summed E-state index contributed by atoms with van der Waals surface area (Å²) in [6.45, 7) is 5.44. The van der Waals surface area contributed by atoms with Crippen molar-refractivity contribution in [2.75, 3.05) is 18.6 Å². The van der Waals surface area contributed by atoms with Crippen LogP contribution in [0.25, 0.3) is 0 Å². The second-order valence-electron chi connectivity index (χ2n) is 6.43. The van der Waals surface area contributed by atoms with Gasteiger partial charge in [-0.2, -0.15) is 0 Å². The molecule has 1 saturated carbocycles. The molecule has 0 amide bonds. The van der Waals surface area contributed by atoms with E-state index in [1.54, 1.807) is 7.11 Å². The zero-order valence-electron chi connectivity index (χ0n) is 11.8. The van der Waals surface area contributed by atoms with Crippen molar-refractivity contribution in [1.29, 1.82) is 0 Å². The Kier molecular flexibility index (Phi) is 2.80. The third-order valence-electron chi connectivity index (χ3n) is 4.72. The Morgan fingerprint density at radius 3 is 2.53 bits per heavy atom. The summed E-state index contributed by atoms with van der Waals surface area (Å²) >= 11 is 0. The number of hydrogen-bond acceptors (Lipinski definition) is 3. The van der Waals surface area contributed by atoms with Gasteiger partial charge in [-0.3, -0.25) is 4.79 Å². The summed E-state index contributed by atoms with van der Waals surface area (Å²) in [5.41, 5.74) is 1.42. The maximum Gasteiger partial charge on any atom is 0.139 e. The molecule has 102 valence electrons. The summed E-state index contributed by atoms with van der Waals surface area (Å²) in [6, 6.07) is 8.51. The van der Waals surface area contributed by atoms with Crippen molar-refractivity contribution < 1.29 is 9.53 Å². The van der Waals surface area contributed by atoms with Crippen LogP contribution in [0.5, 0.6) is 5.75 Å². The zero-order chi connectivity index (χ0) is 13.6. The van der Waals surface area contributed by atoms with Gasteiger partial charge in [-0.25, -0.2) is 0 Å². The fourth-order valence-corrected chi connectivity index (χ4v) is 3.64. The van der Waals surface area contributed by atoms with Gasteiger partial charge in [-0.1, -0.05) is 13.8 Å². The maximum atomic E-state index is 12.0. The molecule has 2 heterocycles. The quantitative estimate of drug-likeness (QED) is 0.818. The minimum atomic E-state index is 0.210. The van der Waals surface area contributed by atoms with E-state index in [0.717, 1.165) is 18.7 Å². The number of hydrogen-bond donors (Lipinski definition) is 0. The zero-order valence-corrected chi connectivity index (χ0v) is 11.8. The Bertz CT molecular complexity index is 492. The van der Waals surface area contributed by atoms with Gasteiger partial charge in [-0.15, -0.1) is 0 Å². The number of nitrogens with zero attached hydrogens (tertiary/aromatic N) is 1. The number of methoxy groups -OCH3 is 1. The molecular weight excluding hydrogens is 238 g/mol. The van der Waals surface area contributed by atoms with E-state index >= 15 is 0 Å². The number of piperidine rings is 2. The average molecular weight is 259 g/mol. The van der Waals surface area contributed by atoms with Gasteiger partial charge in [0.25, 0.3) is 0 Å². The summed E-state index contributed by atoms with van der Waals surface area (Å²) in [5.74, 6) is 1.54. The van der Waals surface area contributed by atoms with Crippen molar-refractivity contribution in [3.8, 4) is 5.75 Å². The summed E-state index contributed by atoms with van der Waals surface area (Å²) in [6.07, 6.45) is 1.73. The summed E-state index contributed by atoms with van der Waals surface area (Å²) in [5, 5.41) is 0. The Morgan fingerprint density at radius 2 is 1.95 bits per heavy atom. The highest BCUT2D eigenvalue weighted by atomic mass is 16.5. The van der Waals surface area contributed by atoms with Crippen LogP contribution in [-0.2, 0) is 4.79 Å². The van der Waals surface area contributed by atoms with Crippen LogP contribution in [0.1, 0.15) is 26.7 Å². The average Bonchev–Trinajstić information content (AvgIpc) is 2.39. The van der Waals surface area contributed by atoms with Crippen molar-refractivity contribution in [2.24, 2.45) is 11.3 Å². The Balaban J connectivity index is 1.90. The van der Waals surface area contributed by atoms with Crippen LogP contribution in [0.3, 0.4) is 0 Å². The highest BCUT2D eigenvalue weighted by Crippen LogP contribution is 2.46. The van der Waals surface area contributed by atoms with Gasteiger partial charge in [0.2, 0.25) is 0 Å². The van der Waals surface area contributed by atoms with Gasteiger partial charge in [0.05, 0.1) is 7.11 Å². The lowest BCUT2D eigenvalue weighted by Crippen LogP contribution is -2.60. The first-order valence-electron chi connectivity index (χ1n) is 6.95. The predicted molar refractivity (Wildman–Crippen MR) is 75.6 cm³/mol. The molecule has 2 atom stereocenters. The van der Waals surface area contributed by atoms with Crippen molar-refractivity contribution in [3.05, 3.63) is 24.3 Å². The minimum Gasteiger partial charge on any atom is -0.497 e. The Hall–Kier alpha value is -1.51. The molecule has 0 radical (unpaired) electrons. The molecule has 2 bridgehead atoms. The van der Waals surface area contributed by atoms with Crippen molar-refractivity contribution in [3.63, 3.8) is 0 Å². The van der Waals surface area contributed by atoms with E-state index in [1.165, 1.54) is 5.69 Å². The van der Waals surface area contributed by atoms with E-state index in [0.29, 0.717) is 18.2 Å². The number of carbonyl (C=O) groups excluding carboxylic acids is 1. The van der Waals surface area contributed by atoms with Crippen LogP contribution >= 0.6 is 0 Å². The summed E-state index contributed by atoms with van der Waals surface area (Å²) < 4.78 is 5.20.